The molecule has 2 nitrogen and oxygen atoms in total. The molecule has 0 aromatic heterocycles. The van der Waals surface area contributed by atoms with Gasteiger partial charge in [-0.15, -0.1) is 11.8 Å². The minimum atomic E-state index is -0.907. The van der Waals surface area contributed by atoms with Crippen LogP contribution in [0, 0.1) is 5.92 Å². The van der Waals surface area contributed by atoms with Crippen LogP contribution in [0.5, 0.6) is 5.75 Å². The maximum absolute atomic E-state index is 12.2. The summed E-state index contributed by atoms with van der Waals surface area (Å²) in [6.45, 7) is 1.69. The Hall–Kier alpha value is -0.380. The summed E-state index contributed by atoms with van der Waals surface area (Å²) in [7, 11) is 0. The van der Waals surface area contributed by atoms with Gasteiger partial charge in [-0.25, -0.2) is 0 Å². The average Bonchev–Trinajstić information content (AvgIpc) is 2.74. The van der Waals surface area contributed by atoms with E-state index < -0.39 is 5.02 Å². The Kier molecular flexibility index (Phi) is 7.39. The third-order valence-electron chi connectivity index (χ3n) is 4.05. The summed E-state index contributed by atoms with van der Waals surface area (Å²) in [6, 6.07) is 7.62. The first-order chi connectivity index (χ1) is 10.6. The molecule has 0 spiro atoms. The molecule has 122 valence electrons. The number of para-hydroxylation sites is 1. The number of halogens is 2. The monoisotopic (exact) mass is 360 g/mol. The molecule has 1 fully saturated rings. The molecule has 1 aliphatic carbocycles. The summed E-state index contributed by atoms with van der Waals surface area (Å²) >= 11 is 13.0. The van der Waals surface area contributed by atoms with Crippen molar-refractivity contribution < 1.29 is 9.53 Å². The van der Waals surface area contributed by atoms with E-state index >= 15 is 0 Å². The highest BCUT2D eigenvalue weighted by molar-refractivity contribution is 8.00. The molecule has 1 aromatic carbocycles. The van der Waals surface area contributed by atoms with E-state index in [1.807, 2.05) is 24.3 Å². The van der Waals surface area contributed by atoms with Crippen molar-refractivity contribution in [3.05, 3.63) is 24.3 Å². The molecule has 0 N–H and O–H groups in total. The van der Waals surface area contributed by atoms with Gasteiger partial charge in [-0.3, -0.25) is 4.79 Å². The van der Waals surface area contributed by atoms with E-state index in [4.69, 9.17) is 27.9 Å². The Morgan fingerprint density at radius 1 is 1.18 bits per heavy atom. The van der Waals surface area contributed by atoms with Gasteiger partial charge in [0.15, 0.2) is 0 Å². The Morgan fingerprint density at radius 3 is 2.41 bits per heavy atom. The topological polar surface area (TPSA) is 26.3 Å². The lowest BCUT2D eigenvalue weighted by Gasteiger charge is -2.24. The van der Waals surface area contributed by atoms with E-state index in [2.05, 4.69) is 0 Å². The van der Waals surface area contributed by atoms with Crippen LogP contribution in [-0.2, 0) is 4.79 Å². The molecule has 1 atom stereocenters. The smallest absolute Gasteiger partial charge is 0.247 e. The van der Waals surface area contributed by atoms with Gasteiger partial charge in [0.2, 0.25) is 5.02 Å². The van der Waals surface area contributed by atoms with Crippen LogP contribution in [0.3, 0.4) is 0 Å². The number of thioether (sulfide) groups is 1. The Bertz CT molecular complexity index is 485. The van der Waals surface area contributed by atoms with E-state index in [0.29, 0.717) is 11.7 Å². The fourth-order valence-electron chi connectivity index (χ4n) is 3.00. The van der Waals surface area contributed by atoms with Crippen LogP contribution in [0.15, 0.2) is 29.2 Å². The number of carbonyl (C=O) groups excluding carboxylic acids is 1. The van der Waals surface area contributed by atoms with Crippen molar-refractivity contribution in [2.45, 2.75) is 60.6 Å². The number of ketones is 1. The number of hydrogen-bond donors (Lipinski definition) is 0. The number of alkyl halides is 2. The normalized spacial score (nSPS) is 18.0. The van der Waals surface area contributed by atoms with Gasteiger partial charge in [-0.1, -0.05) is 61.0 Å². The van der Waals surface area contributed by atoms with E-state index in [9.17, 15) is 4.79 Å². The fraction of sp³-hybridized carbons (Fsp3) is 0.588. The number of ether oxygens (including phenoxy) is 1. The van der Waals surface area contributed by atoms with Crippen LogP contribution in [-0.4, -0.2) is 16.1 Å². The number of hydrogen-bond acceptors (Lipinski definition) is 3. The molecule has 0 bridgehead atoms. The summed E-state index contributed by atoms with van der Waals surface area (Å²) in [5.74, 6) is 1.32. The number of carbonyl (C=O) groups is 1. The van der Waals surface area contributed by atoms with Gasteiger partial charge >= 0.3 is 0 Å². The summed E-state index contributed by atoms with van der Waals surface area (Å²) < 4.78 is 5.44. The highest BCUT2D eigenvalue weighted by atomic mass is 35.5. The molecule has 0 heterocycles. The first-order valence-corrected chi connectivity index (χ1v) is 9.54. The average molecular weight is 361 g/mol. The molecule has 1 aliphatic rings. The van der Waals surface area contributed by atoms with Crippen LogP contribution in [0.2, 0.25) is 0 Å². The first-order valence-electron chi connectivity index (χ1n) is 7.79. The van der Waals surface area contributed by atoms with Gasteiger partial charge in [-0.05, 0) is 37.8 Å². The molecule has 2 rings (SSSR count). The van der Waals surface area contributed by atoms with Gasteiger partial charge in [-0.2, -0.15) is 0 Å². The lowest BCUT2D eigenvalue weighted by molar-refractivity contribution is -0.117. The summed E-state index contributed by atoms with van der Waals surface area (Å²) in [5, 5.41) is -0.928. The van der Waals surface area contributed by atoms with Crippen molar-refractivity contribution in [3.8, 4) is 5.75 Å². The zero-order valence-electron chi connectivity index (χ0n) is 12.8. The van der Waals surface area contributed by atoms with Crippen LogP contribution < -0.4 is 4.74 Å². The lowest BCUT2D eigenvalue weighted by atomic mass is 9.94. The molecular weight excluding hydrogens is 339 g/mol. The van der Waals surface area contributed by atoms with Crippen molar-refractivity contribution in [2.75, 3.05) is 0 Å². The zero-order chi connectivity index (χ0) is 15.9. The van der Waals surface area contributed by atoms with Crippen molar-refractivity contribution in [3.63, 3.8) is 0 Å². The third kappa shape index (κ3) is 5.36. The predicted molar refractivity (Wildman–Crippen MR) is 94.1 cm³/mol. The summed E-state index contributed by atoms with van der Waals surface area (Å²) in [4.78, 5) is 13.1. The second-order valence-electron chi connectivity index (χ2n) is 5.73. The van der Waals surface area contributed by atoms with E-state index in [1.54, 1.807) is 18.7 Å². The minimum Gasteiger partial charge on any atom is -0.460 e. The Morgan fingerprint density at radius 2 is 1.82 bits per heavy atom. The maximum Gasteiger partial charge on any atom is 0.247 e. The zero-order valence-corrected chi connectivity index (χ0v) is 15.1. The number of Topliss-reactive ketones (excluding diaryl/α,β-unsaturated/α-hetero) is 1. The third-order valence-corrected chi connectivity index (χ3v) is 5.79. The minimum absolute atomic E-state index is 0.0213. The number of rotatable bonds is 6. The highest BCUT2D eigenvalue weighted by Gasteiger charge is 2.28. The van der Waals surface area contributed by atoms with Gasteiger partial charge < -0.3 is 4.74 Å². The van der Waals surface area contributed by atoms with Crippen LogP contribution in [0.4, 0.5) is 0 Å². The largest absolute Gasteiger partial charge is 0.460 e. The molecule has 1 unspecified atom stereocenters. The summed E-state index contributed by atoms with van der Waals surface area (Å²) in [6.07, 6.45) is 7.27. The molecule has 0 radical (unpaired) electrons. The van der Waals surface area contributed by atoms with E-state index in [1.165, 1.54) is 25.7 Å². The lowest BCUT2D eigenvalue weighted by Crippen LogP contribution is -2.24. The molecule has 1 saturated carbocycles. The van der Waals surface area contributed by atoms with E-state index in [-0.39, 0.29) is 11.0 Å². The van der Waals surface area contributed by atoms with Gasteiger partial charge in [0.1, 0.15) is 11.5 Å². The SMILES string of the molecule is CC(=O)C(Sc1ccccc1OC(Cl)Cl)C1CCCCCC1. The first kappa shape index (κ1) is 18.0. The second kappa shape index (κ2) is 9.05. The van der Waals surface area contributed by atoms with Crippen molar-refractivity contribution in [1.82, 2.24) is 0 Å². The second-order valence-corrected chi connectivity index (χ2v) is 7.93. The van der Waals surface area contributed by atoms with Crippen LogP contribution in [0.25, 0.3) is 0 Å². The van der Waals surface area contributed by atoms with Crippen molar-refractivity contribution >= 4 is 40.7 Å². The predicted octanol–water partition coefficient (Wildman–Crippen LogP) is 5.85. The highest BCUT2D eigenvalue weighted by Crippen LogP contribution is 2.40. The quantitative estimate of drug-likeness (QED) is 0.361. The Balaban J connectivity index is 2.15. The molecule has 22 heavy (non-hydrogen) atoms. The van der Waals surface area contributed by atoms with Gasteiger partial charge in [0.05, 0.1) is 10.1 Å². The number of benzene rings is 1. The fourth-order valence-corrected chi connectivity index (χ4v) is 4.49. The molecular formula is C17H22Cl2O2S. The standard InChI is InChI=1S/C17H22Cl2O2S/c1-12(20)16(13-8-4-2-3-5-9-13)22-15-11-7-6-10-14(15)21-17(18)19/h6-7,10-11,13,16-17H,2-5,8-9H2,1H3. The maximum atomic E-state index is 12.2. The van der Waals surface area contributed by atoms with E-state index in [0.717, 1.165) is 17.7 Å². The molecule has 1 aromatic rings. The van der Waals surface area contributed by atoms with Crippen LogP contribution >= 0.6 is 35.0 Å². The Labute approximate surface area is 146 Å². The van der Waals surface area contributed by atoms with Gasteiger partial charge in [0, 0.05) is 0 Å². The summed E-state index contributed by atoms with van der Waals surface area (Å²) in [5.41, 5.74) is 0. The van der Waals surface area contributed by atoms with Crippen molar-refractivity contribution in [2.24, 2.45) is 5.92 Å². The molecule has 0 aliphatic heterocycles. The van der Waals surface area contributed by atoms with Crippen molar-refractivity contribution in [1.29, 1.82) is 0 Å². The molecule has 0 saturated heterocycles. The van der Waals surface area contributed by atoms with Gasteiger partial charge in [0.25, 0.3) is 0 Å². The van der Waals surface area contributed by atoms with Crippen LogP contribution in [0.1, 0.15) is 45.4 Å². The molecule has 5 heteroatoms. The molecule has 0 amide bonds.